The minimum absolute atomic E-state index is 0.278. The molecule has 0 spiro atoms. The summed E-state index contributed by atoms with van der Waals surface area (Å²) in [6.45, 7) is 4.21. The van der Waals surface area contributed by atoms with Gasteiger partial charge in [-0.1, -0.05) is 37.6 Å². The van der Waals surface area contributed by atoms with Gasteiger partial charge >= 0.3 is 0 Å². The van der Waals surface area contributed by atoms with Crippen molar-refractivity contribution in [1.29, 1.82) is 0 Å². The Balaban J connectivity index is 2.00. The van der Waals surface area contributed by atoms with Gasteiger partial charge in [0.1, 0.15) is 17.3 Å². The SMILES string of the molecule is CC(C)c1c(Cl)ncnc1Nc1cccc2c1CCCC2. The maximum Gasteiger partial charge on any atom is 0.138 e. The molecule has 1 aromatic heterocycles. The third-order valence-electron chi connectivity index (χ3n) is 4.06. The number of fused-ring (bicyclic) bond motifs is 1. The van der Waals surface area contributed by atoms with Crippen LogP contribution in [0.2, 0.25) is 5.15 Å². The first kappa shape index (κ1) is 14.3. The Labute approximate surface area is 130 Å². The number of aryl methyl sites for hydroxylation is 1. The summed E-state index contributed by atoms with van der Waals surface area (Å²) in [7, 11) is 0. The van der Waals surface area contributed by atoms with Gasteiger partial charge in [0.2, 0.25) is 0 Å². The van der Waals surface area contributed by atoms with Gasteiger partial charge in [0, 0.05) is 11.3 Å². The Kier molecular flexibility index (Phi) is 4.11. The van der Waals surface area contributed by atoms with Crippen LogP contribution in [0, 0.1) is 0 Å². The van der Waals surface area contributed by atoms with E-state index in [1.165, 1.54) is 36.7 Å². The van der Waals surface area contributed by atoms with Crippen LogP contribution in [0.25, 0.3) is 0 Å². The van der Waals surface area contributed by atoms with Gasteiger partial charge in [0.15, 0.2) is 0 Å². The monoisotopic (exact) mass is 301 g/mol. The topological polar surface area (TPSA) is 37.8 Å². The predicted octanol–water partition coefficient (Wildman–Crippen LogP) is 4.88. The highest BCUT2D eigenvalue weighted by Gasteiger charge is 2.17. The number of nitrogens with one attached hydrogen (secondary N) is 1. The van der Waals surface area contributed by atoms with Crippen LogP contribution in [0.1, 0.15) is 49.3 Å². The Morgan fingerprint density at radius 2 is 1.95 bits per heavy atom. The molecule has 0 radical (unpaired) electrons. The summed E-state index contributed by atoms with van der Waals surface area (Å²) in [6.07, 6.45) is 6.37. The van der Waals surface area contributed by atoms with Gasteiger partial charge in [-0.3, -0.25) is 0 Å². The first-order chi connectivity index (χ1) is 10.2. The molecule has 0 saturated carbocycles. The fourth-order valence-electron chi connectivity index (χ4n) is 3.01. The summed E-state index contributed by atoms with van der Waals surface area (Å²) in [5, 5.41) is 4.02. The van der Waals surface area contributed by atoms with Gasteiger partial charge in [0.25, 0.3) is 0 Å². The van der Waals surface area contributed by atoms with Gasteiger partial charge in [-0.15, -0.1) is 0 Å². The maximum absolute atomic E-state index is 6.24. The normalized spacial score (nSPS) is 14.1. The number of halogens is 1. The van der Waals surface area contributed by atoms with E-state index in [1.807, 2.05) is 0 Å². The molecule has 0 saturated heterocycles. The molecule has 4 heteroatoms. The van der Waals surface area contributed by atoms with Gasteiger partial charge in [0.05, 0.1) is 0 Å². The standard InChI is InChI=1S/C17H20ClN3/c1-11(2)15-16(18)19-10-20-17(15)21-14-9-5-7-12-6-3-4-8-13(12)14/h5,7,9-11H,3-4,6,8H2,1-2H3,(H,19,20,21). The lowest BCUT2D eigenvalue weighted by Gasteiger charge is -2.21. The van der Waals surface area contributed by atoms with Gasteiger partial charge in [-0.05, 0) is 48.8 Å². The predicted molar refractivity (Wildman–Crippen MR) is 87.5 cm³/mol. The van der Waals surface area contributed by atoms with E-state index in [9.17, 15) is 0 Å². The number of aromatic nitrogens is 2. The Morgan fingerprint density at radius 1 is 1.14 bits per heavy atom. The van der Waals surface area contributed by atoms with Gasteiger partial charge < -0.3 is 5.32 Å². The number of hydrogen-bond donors (Lipinski definition) is 1. The quantitative estimate of drug-likeness (QED) is 0.821. The molecule has 0 atom stereocenters. The van der Waals surface area contributed by atoms with E-state index in [1.54, 1.807) is 0 Å². The lowest BCUT2D eigenvalue weighted by molar-refractivity contribution is 0.687. The average molecular weight is 302 g/mol. The van der Waals surface area contributed by atoms with Crippen molar-refractivity contribution in [3.63, 3.8) is 0 Å². The summed E-state index contributed by atoms with van der Waals surface area (Å²) in [5.41, 5.74) is 5.02. The molecule has 1 heterocycles. The zero-order valence-electron chi connectivity index (χ0n) is 12.5. The van der Waals surface area contributed by atoms with Crippen molar-refractivity contribution in [2.75, 3.05) is 5.32 Å². The Morgan fingerprint density at radius 3 is 2.76 bits per heavy atom. The van der Waals surface area contributed by atoms with Crippen LogP contribution in [0.4, 0.5) is 11.5 Å². The zero-order valence-corrected chi connectivity index (χ0v) is 13.2. The molecular formula is C17H20ClN3. The smallest absolute Gasteiger partial charge is 0.138 e. The van der Waals surface area contributed by atoms with E-state index in [2.05, 4.69) is 47.3 Å². The van der Waals surface area contributed by atoms with Gasteiger partial charge in [-0.25, -0.2) is 9.97 Å². The van der Waals surface area contributed by atoms with Crippen molar-refractivity contribution < 1.29 is 0 Å². The van der Waals surface area contributed by atoms with Crippen LogP contribution in [-0.2, 0) is 12.8 Å². The summed E-state index contributed by atoms with van der Waals surface area (Å²) < 4.78 is 0. The van der Waals surface area contributed by atoms with Crippen molar-refractivity contribution in [2.24, 2.45) is 0 Å². The van der Waals surface area contributed by atoms with E-state index in [0.29, 0.717) is 5.15 Å². The third kappa shape index (κ3) is 2.88. The fourth-order valence-corrected chi connectivity index (χ4v) is 3.36. The highest BCUT2D eigenvalue weighted by molar-refractivity contribution is 6.30. The zero-order chi connectivity index (χ0) is 14.8. The van der Waals surface area contributed by atoms with Crippen LogP contribution in [0.15, 0.2) is 24.5 Å². The van der Waals surface area contributed by atoms with Crippen molar-refractivity contribution in [3.8, 4) is 0 Å². The fraction of sp³-hybridized carbons (Fsp3) is 0.412. The largest absolute Gasteiger partial charge is 0.340 e. The average Bonchev–Trinajstić information content (AvgIpc) is 2.47. The first-order valence-corrected chi connectivity index (χ1v) is 7.93. The second-order valence-electron chi connectivity index (χ2n) is 5.86. The molecule has 1 aliphatic carbocycles. The lowest BCUT2D eigenvalue weighted by atomic mass is 9.90. The molecule has 110 valence electrons. The molecule has 3 rings (SSSR count). The molecule has 1 aliphatic rings. The number of hydrogen-bond acceptors (Lipinski definition) is 3. The second-order valence-corrected chi connectivity index (χ2v) is 6.21. The van der Waals surface area contributed by atoms with E-state index >= 15 is 0 Å². The molecule has 0 aliphatic heterocycles. The second kappa shape index (κ2) is 6.02. The van der Waals surface area contributed by atoms with Crippen molar-refractivity contribution >= 4 is 23.1 Å². The molecular weight excluding hydrogens is 282 g/mol. The summed E-state index contributed by atoms with van der Waals surface area (Å²) in [5.74, 6) is 1.10. The van der Waals surface area contributed by atoms with E-state index in [4.69, 9.17) is 11.6 Å². The third-order valence-corrected chi connectivity index (χ3v) is 4.36. The molecule has 1 N–H and O–H groups in total. The molecule has 0 fully saturated rings. The lowest BCUT2D eigenvalue weighted by Crippen LogP contribution is -2.08. The van der Waals surface area contributed by atoms with Crippen LogP contribution in [-0.4, -0.2) is 9.97 Å². The molecule has 1 aromatic carbocycles. The van der Waals surface area contributed by atoms with E-state index in [-0.39, 0.29) is 5.92 Å². The molecule has 0 bridgehead atoms. The highest BCUT2D eigenvalue weighted by Crippen LogP contribution is 2.33. The number of rotatable bonds is 3. The summed E-state index contributed by atoms with van der Waals surface area (Å²) in [4.78, 5) is 8.50. The molecule has 3 nitrogen and oxygen atoms in total. The van der Waals surface area contributed by atoms with Crippen LogP contribution in [0.3, 0.4) is 0 Å². The summed E-state index contributed by atoms with van der Waals surface area (Å²) >= 11 is 6.24. The molecule has 0 amide bonds. The molecule has 0 unspecified atom stereocenters. The number of nitrogens with zero attached hydrogens (tertiary/aromatic N) is 2. The van der Waals surface area contributed by atoms with E-state index in [0.717, 1.165) is 23.5 Å². The van der Waals surface area contributed by atoms with Crippen molar-refractivity contribution in [2.45, 2.75) is 45.4 Å². The minimum atomic E-state index is 0.278. The van der Waals surface area contributed by atoms with Crippen LogP contribution < -0.4 is 5.32 Å². The van der Waals surface area contributed by atoms with Crippen LogP contribution >= 0.6 is 11.6 Å². The summed E-state index contributed by atoms with van der Waals surface area (Å²) in [6, 6.07) is 6.48. The maximum atomic E-state index is 6.24. The minimum Gasteiger partial charge on any atom is -0.340 e. The highest BCUT2D eigenvalue weighted by atomic mass is 35.5. The molecule has 21 heavy (non-hydrogen) atoms. The number of anilines is 2. The molecule has 2 aromatic rings. The van der Waals surface area contributed by atoms with Crippen LogP contribution in [0.5, 0.6) is 0 Å². The first-order valence-electron chi connectivity index (χ1n) is 7.55. The van der Waals surface area contributed by atoms with Crippen molar-refractivity contribution in [3.05, 3.63) is 46.4 Å². The Hall–Kier alpha value is -1.61. The van der Waals surface area contributed by atoms with E-state index < -0.39 is 0 Å². The van der Waals surface area contributed by atoms with Crippen molar-refractivity contribution in [1.82, 2.24) is 9.97 Å². The van der Waals surface area contributed by atoms with Gasteiger partial charge in [-0.2, -0.15) is 0 Å². The number of benzene rings is 1. The Bertz CT molecular complexity index is 652.